The Morgan fingerprint density at radius 1 is 1.08 bits per heavy atom. The Morgan fingerprint density at radius 2 is 1.64 bits per heavy atom. The molecule has 0 aromatic heterocycles. The monoisotopic (exact) mass is 348 g/mol. The van der Waals surface area contributed by atoms with Crippen molar-refractivity contribution in [2.45, 2.75) is 46.2 Å². The Balaban J connectivity index is 2.64. The lowest BCUT2D eigenvalue weighted by atomic mass is 10.1. The van der Waals surface area contributed by atoms with E-state index in [-0.39, 0.29) is 36.0 Å². The van der Waals surface area contributed by atoms with Crippen LogP contribution in [0, 0.1) is 0 Å². The molecule has 1 aromatic carbocycles. The normalized spacial score (nSPS) is 11.0. The number of likely N-dealkylation sites (N-methyl/N-ethyl adjacent to an activating group) is 1. The van der Waals surface area contributed by atoms with E-state index in [9.17, 15) is 14.4 Å². The molecule has 1 rings (SSSR count). The van der Waals surface area contributed by atoms with Crippen molar-refractivity contribution in [3.8, 4) is 0 Å². The molecule has 0 unspecified atom stereocenters. The van der Waals surface area contributed by atoms with E-state index in [0.29, 0.717) is 11.3 Å². The van der Waals surface area contributed by atoms with Gasteiger partial charge in [0.15, 0.2) is 0 Å². The number of rotatable bonds is 5. The molecule has 4 amide bonds. The topological polar surface area (TPSA) is 90.5 Å². The zero-order chi connectivity index (χ0) is 19.2. The second-order valence-electron chi connectivity index (χ2n) is 7.29. The molecule has 0 bridgehead atoms. The van der Waals surface area contributed by atoms with Crippen LogP contribution < -0.4 is 16.0 Å². The Hall–Kier alpha value is -2.57. The smallest absolute Gasteiger partial charge is 0.319 e. The van der Waals surface area contributed by atoms with Gasteiger partial charge in [0.2, 0.25) is 5.91 Å². The molecule has 0 fully saturated rings. The van der Waals surface area contributed by atoms with E-state index in [0.717, 1.165) is 0 Å². The summed E-state index contributed by atoms with van der Waals surface area (Å²) in [5.41, 5.74) is 0.689. The highest BCUT2D eigenvalue weighted by atomic mass is 16.2. The van der Waals surface area contributed by atoms with Crippen LogP contribution in [-0.2, 0) is 4.79 Å². The predicted molar refractivity (Wildman–Crippen MR) is 98.6 cm³/mol. The maximum absolute atomic E-state index is 12.4. The van der Waals surface area contributed by atoms with Crippen LogP contribution in [0.15, 0.2) is 24.3 Å². The van der Waals surface area contributed by atoms with Crippen molar-refractivity contribution >= 4 is 23.5 Å². The van der Waals surface area contributed by atoms with E-state index < -0.39 is 0 Å². The molecule has 0 aliphatic heterocycles. The SMILES string of the molecule is CC(C)NC(=O)Nc1ccc(C(=O)N(C)CC(=O)NC(C)(C)C)cc1. The van der Waals surface area contributed by atoms with Crippen LogP contribution in [-0.4, -0.2) is 47.9 Å². The first-order chi connectivity index (χ1) is 11.5. The third-order valence-corrected chi connectivity index (χ3v) is 3.05. The lowest BCUT2D eigenvalue weighted by Crippen LogP contribution is -2.46. The van der Waals surface area contributed by atoms with Gasteiger partial charge in [0, 0.05) is 29.9 Å². The molecule has 7 heteroatoms. The molecule has 0 atom stereocenters. The molecule has 0 heterocycles. The molecule has 7 nitrogen and oxygen atoms in total. The Labute approximate surface area is 149 Å². The second-order valence-corrected chi connectivity index (χ2v) is 7.29. The van der Waals surface area contributed by atoms with Crippen molar-refractivity contribution in [2.24, 2.45) is 0 Å². The lowest BCUT2D eigenvalue weighted by Gasteiger charge is -2.23. The molecule has 0 saturated heterocycles. The number of hydrogen-bond acceptors (Lipinski definition) is 3. The Bertz CT molecular complexity index is 618. The third kappa shape index (κ3) is 7.69. The quantitative estimate of drug-likeness (QED) is 0.762. The highest BCUT2D eigenvalue weighted by Crippen LogP contribution is 2.11. The van der Waals surface area contributed by atoms with Gasteiger partial charge in [0.1, 0.15) is 0 Å². The number of nitrogens with zero attached hydrogens (tertiary/aromatic N) is 1. The fourth-order valence-corrected chi connectivity index (χ4v) is 2.09. The third-order valence-electron chi connectivity index (χ3n) is 3.05. The van der Waals surface area contributed by atoms with Crippen LogP contribution in [0.2, 0.25) is 0 Å². The molecule has 0 saturated carbocycles. The summed E-state index contributed by atoms with van der Waals surface area (Å²) in [5, 5.41) is 8.22. The summed E-state index contributed by atoms with van der Waals surface area (Å²) >= 11 is 0. The molecular formula is C18H28N4O3. The number of carbonyl (C=O) groups excluding carboxylic acids is 3. The Kier molecular flexibility index (Phi) is 6.97. The van der Waals surface area contributed by atoms with Crippen molar-refractivity contribution < 1.29 is 14.4 Å². The van der Waals surface area contributed by atoms with Gasteiger partial charge < -0.3 is 20.9 Å². The van der Waals surface area contributed by atoms with Crippen LogP contribution >= 0.6 is 0 Å². The van der Waals surface area contributed by atoms with Gasteiger partial charge in [-0.05, 0) is 58.9 Å². The van der Waals surface area contributed by atoms with E-state index in [1.807, 2.05) is 34.6 Å². The van der Waals surface area contributed by atoms with Crippen molar-refractivity contribution in [1.29, 1.82) is 0 Å². The molecule has 1 aromatic rings. The van der Waals surface area contributed by atoms with Gasteiger partial charge in [-0.25, -0.2) is 4.79 Å². The van der Waals surface area contributed by atoms with Crippen LogP contribution in [0.4, 0.5) is 10.5 Å². The molecule has 0 radical (unpaired) electrons. The second kappa shape index (κ2) is 8.50. The predicted octanol–water partition coefficient (Wildman–Crippen LogP) is 2.20. The van der Waals surface area contributed by atoms with E-state index in [1.54, 1.807) is 31.3 Å². The van der Waals surface area contributed by atoms with Gasteiger partial charge in [-0.2, -0.15) is 0 Å². The maximum atomic E-state index is 12.4. The van der Waals surface area contributed by atoms with Gasteiger partial charge in [0.25, 0.3) is 5.91 Å². The van der Waals surface area contributed by atoms with Gasteiger partial charge in [-0.15, -0.1) is 0 Å². The van der Waals surface area contributed by atoms with Gasteiger partial charge in [-0.1, -0.05) is 0 Å². The summed E-state index contributed by atoms with van der Waals surface area (Å²) in [5.74, 6) is -0.478. The summed E-state index contributed by atoms with van der Waals surface area (Å²) in [7, 11) is 1.58. The lowest BCUT2D eigenvalue weighted by molar-refractivity contribution is -0.122. The average molecular weight is 348 g/mol. The molecule has 3 N–H and O–H groups in total. The minimum Gasteiger partial charge on any atom is -0.350 e. The minimum absolute atomic E-state index is 0.0209. The number of nitrogens with one attached hydrogen (secondary N) is 3. The van der Waals surface area contributed by atoms with Gasteiger partial charge in [-0.3, -0.25) is 9.59 Å². The molecule has 25 heavy (non-hydrogen) atoms. The Morgan fingerprint density at radius 3 is 2.12 bits per heavy atom. The van der Waals surface area contributed by atoms with Crippen LogP contribution in [0.25, 0.3) is 0 Å². The molecule has 0 spiro atoms. The number of urea groups is 1. The molecular weight excluding hydrogens is 320 g/mol. The number of anilines is 1. The van der Waals surface area contributed by atoms with E-state index in [1.165, 1.54) is 4.90 Å². The summed E-state index contributed by atoms with van der Waals surface area (Å²) in [6, 6.07) is 6.27. The fraction of sp³-hybridized carbons (Fsp3) is 0.500. The van der Waals surface area contributed by atoms with Crippen LogP contribution in [0.3, 0.4) is 0 Å². The van der Waals surface area contributed by atoms with Crippen molar-refractivity contribution in [3.63, 3.8) is 0 Å². The number of hydrogen-bond donors (Lipinski definition) is 3. The van der Waals surface area contributed by atoms with Crippen LogP contribution in [0.1, 0.15) is 45.0 Å². The van der Waals surface area contributed by atoms with Gasteiger partial charge >= 0.3 is 6.03 Å². The van der Waals surface area contributed by atoms with E-state index in [2.05, 4.69) is 16.0 Å². The van der Waals surface area contributed by atoms with Gasteiger partial charge in [0.05, 0.1) is 6.54 Å². The molecule has 0 aliphatic rings. The first-order valence-corrected chi connectivity index (χ1v) is 8.22. The van der Waals surface area contributed by atoms with E-state index >= 15 is 0 Å². The fourth-order valence-electron chi connectivity index (χ4n) is 2.09. The number of amides is 4. The zero-order valence-electron chi connectivity index (χ0n) is 15.8. The number of benzene rings is 1. The zero-order valence-corrected chi connectivity index (χ0v) is 15.8. The highest BCUT2D eigenvalue weighted by molar-refractivity contribution is 5.97. The maximum Gasteiger partial charge on any atom is 0.319 e. The minimum atomic E-state index is -0.342. The van der Waals surface area contributed by atoms with Crippen molar-refractivity contribution in [3.05, 3.63) is 29.8 Å². The van der Waals surface area contributed by atoms with Crippen LogP contribution in [0.5, 0.6) is 0 Å². The van der Waals surface area contributed by atoms with E-state index in [4.69, 9.17) is 0 Å². The standard InChI is InChI=1S/C18H28N4O3/c1-12(2)19-17(25)20-14-9-7-13(8-10-14)16(24)22(6)11-15(23)21-18(3,4)5/h7-10,12H,11H2,1-6H3,(H,21,23)(H2,19,20,25). The number of carbonyl (C=O) groups is 3. The largest absolute Gasteiger partial charge is 0.350 e. The summed E-state index contributed by atoms with van der Waals surface area (Å²) < 4.78 is 0. The highest BCUT2D eigenvalue weighted by Gasteiger charge is 2.18. The molecule has 138 valence electrons. The first-order valence-electron chi connectivity index (χ1n) is 8.22. The summed E-state index contributed by atoms with van der Waals surface area (Å²) in [6.07, 6.45) is 0. The molecule has 0 aliphatic carbocycles. The van der Waals surface area contributed by atoms with Crippen molar-refractivity contribution in [1.82, 2.24) is 15.5 Å². The summed E-state index contributed by atoms with van der Waals surface area (Å²) in [4.78, 5) is 37.3. The summed E-state index contributed by atoms with van der Waals surface area (Å²) in [6.45, 7) is 9.36. The average Bonchev–Trinajstić information content (AvgIpc) is 2.44. The first kappa shape index (κ1) is 20.5. The van der Waals surface area contributed by atoms with Crippen molar-refractivity contribution in [2.75, 3.05) is 18.9 Å².